The van der Waals surface area contributed by atoms with Crippen molar-refractivity contribution in [2.24, 2.45) is 29.1 Å². The number of ketones is 2. The highest BCUT2D eigenvalue weighted by Crippen LogP contribution is 2.65. The molecule has 0 unspecified atom stereocenters. The molecule has 19 heavy (non-hydrogen) atoms. The molecule has 1 spiro atoms. The lowest BCUT2D eigenvalue weighted by atomic mass is 9.69. The standard InChI is InChI=1S/C17H24O2/c1-4-5-6-12-9-17-11(3)14(18)7-13(17)8-15(19)16(17)10(12)2/h9-11,13,16H,4-8H2,1-3H3/t10-,11+,13+,16+,17+/m0/s1. The molecule has 0 amide bonds. The predicted octanol–water partition coefficient (Wildman–Crippen LogP) is 3.55. The van der Waals surface area contributed by atoms with Gasteiger partial charge in [0.25, 0.3) is 0 Å². The van der Waals surface area contributed by atoms with Gasteiger partial charge in [-0.25, -0.2) is 0 Å². The molecule has 0 aromatic heterocycles. The monoisotopic (exact) mass is 260 g/mol. The summed E-state index contributed by atoms with van der Waals surface area (Å²) in [5.41, 5.74) is 1.35. The molecule has 0 radical (unpaired) electrons. The Bertz CT molecular complexity index is 462. The van der Waals surface area contributed by atoms with Crippen LogP contribution in [0, 0.1) is 29.1 Å². The summed E-state index contributed by atoms with van der Waals surface area (Å²) < 4.78 is 0. The van der Waals surface area contributed by atoms with Crippen molar-refractivity contribution >= 4 is 11.6 Å². The number of unbranched alkanes of at least 4 members (excludes halogenated alkanes) is 1. The first-order valence-electron chi connectivity index (χ1n) is 7.79. The summed E-state index contributed by atoms with van der Waals surface area (Å²) in [6, 6.07) is 0. The number of hydrogen-bond acceptors (Lipinski definition) is 2. The fourth-order valence-corrected chi connectivity index (χ4v) is 5.04. The molecule has 3 aliphatic carbocycles. The van der Waals surface area contributed by atoms with E-state index in [1.54, 1.807) is 0 Å². The molecule has 0 bridgehead atoms. The highest BCUT2D eigenvalue weighted by molar-refractivity contribution is 5.94. The van der Waals surface area contributed by atoms with Crippen LogP contribution in [0.3, 0.4) is 0 Å². The van der Waals surface area contributed by atoms with Gasteiger partial charge in [0.05, 0.1) is 0 Å². The molecular formula is C17H24O2. The molecule has 3 aliphatic rings. The molecule has 5 atom stereocenters. The predicted molar refractivity (Wildman–Crippen MR) is 74.6 cm³/mol. The zero-order chi connectivity index (χ0) is 13.8. The lowest BCUT2D eigenvalue weighted by Crippen LogP contribution is -2.34. The normalized spacial score (nSPS) is 44.5. The average molecular weight is 260 g/mol. The summed E-state index contributed by atoms with van der Waals surface area (Å²) in [6.07, 6.45) is 7.14. The zero-order valence-corrected chi connectivity index (χ0v) is 12.2. The Morgan fingerprint density at radius 2 is 1.89 bits per heavy atom. The van der Waals surface area contributed by atoms with Gasteiger partial charge in [0.15, 0.2) is 0 Å². The topological polar surface area (TPSA) is 34.1 Å². The van der Waals surface area contributed by atoms with Crippen LogP contribution in [0.15, 0.2) is 11.6 Å². The third-order valence-corrected chi connectivity index (χ3v) is 6.06. The quantitative estimate of drug-likeness (QED) is 0.727. The maximum absolute atomic E-state index is 12.4. The summed E-state index contributed by atoms with van der Waals surface area (Å²) in [5, 5.41) is 0. The van der Waals surface area contributed by atoms with E-state index in [1.807, 2.05) is 0 Å². The Morgan fingerprint density at radius 3 is 2.58 bits per heavy atom. The Labute approximate surface area is 115 Å². The van der Waals surface area contributed by atoms with Gasteiger partial charge in [-0.15, -0.1) is 0 Å². The van der Waals surface area contributed by atoms with Gasteiger partial charge in [0.1, 0.15) is 11.6 Å². The van der Waals surface area contributed by atoms with E-state index in [0.717, 1.165) is 6.42 Å². The maximum Gasteiger partial charge on any atom is 0.137 e. The SMILES string of the molecule is CCCCC1=C[C@]23[C@H](CC(=O)[C@H]2C)CC(=O)[C@H]3[C@H]1C. The summed E-state index contributed by atoms with van der Waals surface area (Å²) in [7, 11) is 0. The number of hydrogen-bond donors (Lipinski definition) is 0. The summed E-state index contributed by atoms with van der Waals surface area (Å²) >= 11 is 0. The molecule has 0 N–H and O–H groups in total. The van der Waals surface area contributed by atoms with Crippen LogP contribution in [0.5, 0.6) is 0 Å². The van der Waals surface area contributed by atoms with Crippen molar-refractivity contribution < 1.29 is 9.59 Å². The second-order valence-electron chi connectivity index (χ2n) is 6.85. The minimum atomic E-state index is -0.101. The molecule has 2 saturated carbocycles. The van der Waals surface area contributed by atoms with E-state index >= 15 is 0 Å². The summed E-state index contributed by atoms with van der Waals surface area (Å²) in [5.74, 6) is 1.61. The fourth-order valence-electron chi connectivity index (χ4n) is 5.04. The van der Waals surface area contributed by atoms with E-state index in [-0.39, 0.29) is 17.3 Å². The van der Waals surface area contributed by atoms with Gasteiger partial charge in [0, 0.05) is 30.1 Å². The Balaban J connectivity index is 2.00. The van der Waals surface area contributed by atoms with Crippen molar-refractivity contribution in [3.05, 3.63) is 11.6 Å². The van der Waals surface area contributed by atoms with Crippen molar-refractivity contribution in [2.75, 3.05) is 0 Å². The largest absolute Gasteiger partial charge is 0.299 e. The van der Waals surface area contributed by atoms with Crippen LogP contribution in [0.25, 0.3) is 0 Å². The maximum atomic E-state index is 12.4. The first-order chi connectivity index (χ1) is 9.02. The van der Waals surface area contributed by atoms with Crippen LogP contribution in [0.2, 0.25) is 0 Å². The van der Waals surface area contributed by atoms with Crippen molar-refractivity contribution in [1.29, 1.82) is 0 Å². The van der Waals surface area contributed by atoms with Crippen LogP contribution in [-0.2, 0) is 9.59 Å². The average Bonchev–Trinajstić information content (AvgIpc) is 2.89. The molecular weight excluding hydrogens is 236 g/mol. The molecule has 104 valence electrons. The van der Waals surface area contributed by atoms with E-state index < -0.39 is 0 Å². The van der Waals surface area contributed by atoms with Gasteiger partial charge in [-0.2, -0.15) is 0 Å². The van der Waals surface area contributed by atoms with Gasteiger partial charge in [-0.1, -0.05) is 38.8 Å². The van der Waals surface area contributed by atoms with Crippen LogP contribution < -0.4 is 0 Å². The molecule has 0 aliphatic heterocycles. The van der Waals surface area contributed by atoms with E-state index in [9.17, 15) is 9.59 Å². The van der Waals surface area contributed by atoms with Crippen LogP contribution >= 0.6 is 0 Å². The van der Waals surface area contributed by atoms with E-state index in [2.05, 4.69) is 26.8 Å². The fraction of sp³-hybridized carbons (Fsp3) is 0.765. The van der Waals surface area contributed by atoms with E-state index in [1.165, 1.54) is 18.4 Å². The molecule has 2 heteroatoms. The van der Waals surface area contributed by atoms with Gasteiger partial charge >= 0.3 is 0 Å². The number of rotatable bonds is 3. The van der Waals surface area contributed by atoms with Crippen LogP contribution in [0.1, 0.15) is 52.9 Å². The minimum absolute atomic E-state index is 0.0514. The van der Waals surface area contributed by atoms with Crippen molar-refractivity contribution in [3.8, 4) is 0 Å². The summed E-state index contributed by atoms with van der Waals surface area (Å²) in [6.45, 7) is 6.46. The number of allylic oxidation sites excluding steroid dienone is 2. The third-order valence-electron chi connectivity index (χ3n) is 6.06. The van der Waals surface area contributed by atoms with Crippen LogP contribution in [-0.4, -0.2) is 11.6 Å². The zero-order valence-electron chi connectivity index (χ0n) is 12.2. The van der Waals surface area contributed by atoms with Gasteiger partial charge in [-0.05, 0) is 24.7 Å². The Morgan fingerprint density at radius 1 is 1.21 bits per heavy atom. The van der Waals surface area contributed by atoms with Crippen molar-refractivity contribution in [3.63, 3.8) is 0 Å². The van der Waals surface area contributed by atoms with Crippen LogP contribution in [0.4, 0.5) is 0 Å². The van der Waals surface area contributed by atoms with Gasteiger partial charge < -0.3 is 0 Å². The summed E-state index contributed by atoms with van der Waals surface area (Å²) in [4.78, 5) is 24.5. The minimum Gasteiger partial charge on any atom is -0.299 e. The second kappa shape index (κ2) is 4.29. The molecule has 0 heterocycles. The lowest BCUT2D eigenvalue weighted by molar-refractivity contribution is -0.126. The second-order valence-corrected chi connectivity index (χ2v) is 6.85. The van der Waals surface area contributed by atoms with Crippen molar-refractivity contribution in [2.45, 2.75) is 52.9 Å². The highest BCUT2D eigenvalue weighted by Gasteiger charge is 2.65. The van der Waals surface area contributed by atoms with Crippen molar-refractivity contribution in [1.82, 2.24) is 0 Å². The Hall–Kier alpha value is -0.920. The van der Waals surface area contributed by atoms with E-state index in [4.69, 9.17) is 0 Å². The first-order valence-corrected chi connectivity index (χ1v) is 7.79. The lowest BCUT2D eigenvalue weighted by Gasteiger charge is -2.32. The smallest absolute Gasteiger partial charge is 0.137 e. The third kappa shape index (κ3) is 1.55. The number of Topliss-reactive ketones (excluding diaryl/α,β-unsaturated/α-hetero) is 2. The number of carbonyl (C=O) groups is 2. The molecule has 2 nitrogen and oxygen atoms in total. The molecule has 2 fully saturated rings. The molecule has 0 aromatic carbocycles. The molecule has 0 saturated heterocycles. The van der Waals surface area contributed by atoms with E-state index in [0.29, 0.717) is 36.2 Å². The highest BCUT2D eigenvalue weighted by atomic mass is 16.1. The molecule has 0 aromatic rings. The van der Waals surface area contributed by atoms with Gasteiger partial charge in [0.2, 0.25) is 0 Å². The van der Waals surface area contributed by atoms with Gasteiger partial charge in [-0.3, -0.25) is 9.59 Å². The molecule has 3 rings (SSSR count). The Kier molecular flexibility index (Phi) is 2.95. The number of carbonyl (C=O) groups excluding carboxylic acids is 2. The first kappa shape index (κ1) is 13.1.